The van der Waals surface area contributed by atoms with Crippen LogP contribution in [0.3, 0.4) is 0 Å². The van der Waals surface area contributed by atoms with Crippen molar-refractivity contribution >= 4 is 22.6 Å². The number of benzene rings is 3. The predicted molar refractivity (Wildman–Crippen MR) is 135 cm³/mol. The molecule has 2 amide bonds. The zero-order chi connectivity index (χ0) is 24.2. The lowest BCUT2D eigenvalue weighted by Gasteiger charge is -2.24. The van der Waals surface area contributed by atoms with Gasteiger partial charge in [0.15, 0.2) is 0 Å². The van der Waals surface area contributed by atoms with Gasteiger partial charge in [-0.3, -0.25) is 4.79 Å². The minimum atomic E-state index is -0.373. The molecule has 4 aromatic rings. The fourth-order valence-electron chi connectivity index (χ4n) is 3.98. The topological polar surface area (TPSA) is 65.2 Å². The number of pyridine rings is 1. The molecule has 3 aromatic carbocycles. The van der Waals surface area contributed by atoms with Gasteiger partial charge in [0.2, 0.25) is 0 Å². The summed E-state index contributed by atoms with van der Waals surface area (Å²) in [5.41, 5.74) is 6.09. The molecule has 0 atom stereocenters. The number of halogens is 1. The second-order valence-corrected chi connectivity index (χ2v) is 8.68. The molecule has 6 heteroatoms. The summed E-state index contributed by atoms with van der Waals surface area (Å²) in [6.45, 7) is 6.65. The van der Waals surface area contributed by atoms with Gasteiger partial charge in [-0.15, -0.1) is 0 Å². The first-order valence-electron chi connectivity index (χ1n) is 11.3. The van der Waals surface area contributed by atoms with Crippen molar-refractivity contribution in [2.24, 2.45) is 0 Å². The van der Waals surface area contributed by atoms with Crippen LogP contribution in [-0.4, -0.2) is 22.5 Å². The fourth-order valence-corrected chi connectivity index (χ4v) is 3.98. The molecule has 0 bridgehead atoms. The average Bonchev–Trinajstić information content (AvgIpc) is 2.80. The standard InChI is InChI=1S/C28H28FN3O2/c1-18-6-4-5-7-21(18)12-13-32(28(34)30-25-10-8-24(29)9-11-25)17-23-16-22-14-19(2)20(3)15-26(22)31-27(23)33/h4-11,14-16H,12-13,17H2,1-3H3,(H,30,34)(H,31,33). The Hall–Kier alpha value is -3.93. The number of nitrogens with one attached hydrogen (secondary N) is 2. The number of hydrogen-bond acceptors (Lipinski definition) is 2. The van der Waals surface area contributed by atoms with Crippen molar-refractivity contribution in [1.29, 1.82) is 0 Å². The van der Waals surface area contributed by atoms with E-state index in [1.165, 1.54) is 24.3 Å². The molecule has 4 rings (SSSR count). The molecule has 34 heavy (non-hydrogen) atoms. The second-order valence-electron chi connectivity index (χ2n) is 8.68. The van der Waals surface area contributed by atoms with Gasteiger partial charge in [0.1, 0.15) is 5.82 Å². The third-order valence-corrected chi connectivity index (χ3v) is 6.19. The van der Waals surface area contributed by atoms with Crippen molar-refractivity contribution in [2.75, 3.05) is 11.9 Å². The Kier molecular flexibility index (Phi) is 6.77. The van der Waals surface area contributed by atoms with Crippen LogP contribution in [0.4, 0.5) is 14.9 Å². The molecule has 0 aliphatic heterocycles. The van der Waals surface area contributed by atoms with Crippen LogP contribution in [0.2, 0.25) is 0 Å². The van der Waals surface area contributed by atoms with E-state index in [-0.39, 0.29) is 24.0 Å². The van der Waals surface area contributed by atoms with Crippen molar-refractivity contribution in [3.05, 3.63) is 111 Å². The highest BCUT2D eigenvalue weighted by molar-refractivity contribution is 5.89. The van der Waals surface area contributed by atoms with Gasteiger partial charge in [-0.2, -0.15) is 0 Å². The fraction of sp³-hybridized carbons (Fsp3) is 0.214. The van der Waals surface area contributed by atoms with E-state index in [0.29, 0.717) is 24.2 Å². The number of carbonyl (C=O) groups is 1. The number of aromatic amines is 1. The molecule has 0 saturated heterocycles. The number of amides is 2. The van der Waals surface area contributed by atoms with Crippen LogP contribution in [0.15, 0.2) is 71.5 Å². The summed E-state index contributed by atoms with van der Waals surface area (Å²) in [7, 11) is 0. The Bertz CT molecular complexity index is 1390. The van der Waals surface area contributed by atoms with Gasteiger partial charge in [0.05, 0.1) is 6.54 Å². The quantitative estimate of drug-likeness (QED) is 0.380. The third kappa shape index (κ3) is 5.34. The number of H-pyrrole nitrogens is 1. The predicted octanol–water partition coefficient (Wildman–Crippen LogP) is 5.87. The van der Waals surface area contributed by atoms with Crippen molar-refractivity contribution in [3.8, 4) is 0 Å². The minimum absolute atomic E-state index is 0.150. The maximum Gasteiger partial charge on any atom is 0.322 e. The molecular weight excluding hydrogens is 429 g/mol. The van der Waals surface area contributed by atoms with Crippen LogP contribution in [-0.2, 0) is 13.0 Å². The summed E-state index contributed by atoms with van der Waals surface area (Å²) in [6, 6.07) is 19.2. The highest BCUT2D eigenvalue weighted by Gasteiger charge is 2.17. The number of carbonyl (C=O) groups excluding carboxylic acids is 1. The number of nitrogens with zero attached hydrogens (tertiary/aromatic N) is 1. The van der Waals surface area contributed by atoms with E-state index in [0.717, 1.165) is 33.2 Å². The first-order chi connectivity index (χ1) is 16.3. The van der Waals surface area contributed by atoms with E-state index in [9.17, 15) is 14.0 Å². The summed E-state index contributed by atoms with van der Waals surface area (Å²) in [5, 5.41) is 3.75. The van der Waals surface area contributed by atoms with Gasteiger partial charge < -0.3 is 15.2 Å². The SMILES string of the molecule is Cc1cc2cc(CN(CCc3ccccc3C)C(=O)Nc3ccc(F)cc3)c(=O)[nH]c2cc1C. The van der Waals surface area contributed by atoms with Crippen LogP contribution in [0.1, 0.15) is 27.8 Å². The van der Waals surface area contributed by atoms with E-state index in [1.807, 2.05) is 63.2 Å². The Morgan fingerprint density at radius 1 is 0.912 bits per heavy atom. The number of aromatic nitrogens is 1. The van der Waals surface area contributed by atoms with Crippen LogP contribution >= 0.6 is 0 Å². The van der Waals surface area contributed by atoms with Gasteiger partial charge in [0, 0.05) is 23.3 Å². The van der Waals surface area contributed by atoms with Gasteiger partial charge in [-0.05, 0) is 97.3 Å². The molecule has 0 aliphatic carbocycles. The summed E-state index contributed by atoms with van der Waals surface area (Å²) in [4.78, 5) is 30.6. The first-order valence-corrected chi connectivity index (χ1v) is 11.3. The Morgan fingerprint density at radius 2 is 1.62 bits per heavy atom. The monoisotopic (exact) mass is 457 g/mol. The van der Waals surface area contributed by atoms with Gasteiger partial charge in [-0.1, -0.05) is 24.3 Å². The lowest BCUT2D eigenvalue weighted by Crippen LogP contribution is -2.37. The zero-order valence-corrected chi connectivity index (χ0v) is 19.6. The third-order valence-electron chi connectivity index (χ3n) is 6.19. The molecule has 0 spiro atoms. The van der Waals surface area contributed by atoms with Crippen LogP contribution in [0, 0.1) is 26.6 Å². The van der Waals surface area contributed by atoms with E-state index in [1.54, 1.807) is 4.90 Å². The average molecular weight is 458 g/mol. The minimum Gasteiger partial charge on any atom is -0.322 e. The number of urea groups is 1. The summed E-state index contributed by atoms with van der Waals surface area (Å²) in [6.07, 6.45) is 0.646. The summed E-state index contributed by atoms with van der Waals surface area (Å²) < 4.78 is 13.3. The Labute approximate surface area is 198 Å². The first kappa shape index (κ1) is 23.2. The normalized spacial score (nSPS) is 10.9. The van der Waals surface area contributed by atoms with Crippen LogP contribution in [0.5, 0.6) is 0 Å². The highest BCUT2D eigenvalue weighted by atomic mass is 19.1. The lowest BCUT2D eigenvalue weighted by atomic mass is 10.0. The van der Waals surface area contributed by atoms with Crippen molar-refractivity contribution < 1.29 is 9.18 Å². The Morgan fingerprint density at radius 3 is 2.35 bits per heavy atom. The Balaban J connectivity index is 1.62. The molecule has 0 radical (unpaired) electrons. The number of aryl methyl sites for hydroxylation is 3. The maximum absolute atomic E-state index is 13.3. The molecule has 174 valence electrons. The largest absolute Gasteiger partial charge is 0.322 e. The molecular formula is C28H28FN3O2. The number of fused-ring (bicyclic) bond motifs is 1. The molecule has 0 fully saturated rings. The highest BCUT2D eigenvalue weighted by Crippen LogP contribution is 2.19. The van der Waals surface area contributed by atoms with E-state index in [2.05, 4.69) is 10.3 Å². The van der Waals surface area contributed by atoms with Crippen molar-refractivity contribution in [3.63, 3.8) is 0 Å². The molecule has 0 saturated carbocycles. The second kappa shape index (κ2) is 9.91. The maximum atomic E-state index is 13.3. The van der Waals surface area contributed by atoms with Gasteiger partial charge >= 0.3 is 6.03 Å². The van der Waals surface area contributed by atoms with Crippen molar-refractivity contribution in [1.82, 2.24) is 9.88 Å². The van der Waals surface area contributed by atoms with Crippen LogP contribution < -0.4 is 10.9 Å². The molecule has 2 N–H and O–H groups in total. The molecule has 1 aromatic heterocycles. The van der Waals surface area contributed by atoms with Gasteiger partial charge in [0.25, 0.3) is 5.56 Å². The number of anilines is 1. The van der Waals surface area contributed by atoms with Crippen LogP contribution in [0.25, 0.3) is 10.9 Å². The summed E-state index contributed by atoms with van der Waals surface area (Å²) in [5.74, 6) is -0.373. The lowest BCUT2D eigenvalue weighted by molar-refractivity contribution is 0.209. The molecule has 0 unspecified atom stereocenters. The summed E-state index contributed by atoms with van der Waals surface area (Å²) >= 11 is 0. The van der Waals surface area contributed by atoms with Crippen molar-refractivity contribution in [2.45, 2.75) is 33.7 Å². The van der Waals surface area contributed by atoms with E-state index < -0.39 is 0 Å². The number of rotatable bonds is 6. The van der Waals surface area contributed by atoms with Gasteiger partial charge in [-0.25, -0.2) is 9.18 Å². The smallest absolute Gasteiger partial charge is 0.322 e. The zero-order valence-electron chi connectivity index (χ0n) is 19.6. The van der Waals surface area contributed by atoms with E-state index in [4.69, 9.17) is 0 Å². The van der Waals surface area contributed by atoms with E-state index >= 15 is 0 Å². The molecule has 0 aliphatic rings. The number of hydrogen-bond donors (Lipinski definition) is 2. The molecule has 5 nitrogen and oxygen atoms in total. The molecule has 1 heterocycles.